The molecule has 0 aromatic heterocycles. The maximum atomic E-state index is 14.3. The largest absolute Gasteiger partial charge is 0.454 e. The zero-order chi connectivity index (χ0) is 29.6. The third-order valence-electron chi connectivity index (χ3n) is 8.90. The Morgan fingerprint density at radius 2 is 1.67 bits per heavy atom. The van der Waals surface area contributed by atoms with Crippen LogP contribution in [0.4, 0.5) is 11.4 Å². The Hall–Kier alpha value is -5.51. The highest BCUT2D eigenvalue weighted by atomic mass is 16.7. The lowest BCUT2D eigenvalue weighted by Crippen LogP contribution is -2.42. The number of ether oxygens (including phenoxy) is 3. The Kier molecular flexibility index (Phi) is 5.27. The second-order valence-corrected chi connectivity index (χ2v) is 11.1. The summed E-state index contributed by atoms with van der Waals surface area (Å²) >= 11 is 0. The molecule has 4 aliphatic rings. The fourth-order valence-corrected chi connectivity index (χ4v) is 6.98. The van der Waals surface area contributed by atoms with Crippen molar-refractivity contribution in [2.24, 2.45) is 17.8 Å². The van der Waals surface area contributed by atoms with E-state index in [9.17, 15) is 24.5 Å². The summed E-state index contributed by atoms with van der Waals surface area (Å²) < 4.78 is 17.1. The van der Waals surface area contributed by atoms with Gasteiger partial charge in [0.2, 0.25) is 18.6 Å². The van der Waals surface area contributed by atoms with Crippen LogP contribution >= 0.6 is 0 Å². The van der Waals surface area contributed by atoms with Crippen LogP contribution in [0.3, 0.4) is 0 Å². The van der Waals surface area contributed by atoms with E-state index in [0.29, 0.717) is 33.9 Å². The molecule has 10 nitrogen and oxygen atoms in total. The summed E-state index contributed by atoms with van der Waals surface area (Å²) in [5.41, 5.74) is 2.54. The first-order chi connectivity index (χ1) is 20.8. The van der Waals surface area contributed by atoms with Crippen molar-refractivity contribution in [3.63, 3.8) is 0 Å². The number of carbonyl (C=O) groups is 3. The van der Waals surface area contributed by atoms with Crippen molar-refractivity contribution in [1.82, 2.24) is 0 Å². The molecule has 3 aliphatic heterocycles. The molecule has 0 unspecified atom stereocenters. The molecule has 1 saturated heterocycles. The van der Waals surface area contributed by atoms with Crippen LogP contribution in [0.5, 0.6) is 17.2 Å². The number of non-ortho nitro benzene ring substituents is 1. The molecule has 0 N–H and O–H groups in total. The highest BCUT2D eigenvalue weighted by Crippen LogP contribution is 2.56. The lowest BCUT2D eigenvalue weighted by Gasteiger charge is -2.38. The molecule has 0 spiro atoms. The van der Waals surface area contributed by atoms with Gasteiger partial charge in [0, 0.05) is 29.0 Å². The highest BCUT2D eigenvalue weighted by molar-refractivity contribution is 6.25. The van der Waals surface area contributed by atoms with Crippen molar-refractivity contribution in [3.8, 4) is 17.2 Å². The smallest absolute Gasteiger partial charge is 0.319 e. The van der Waals surface area contributed by atoms with Gasteiger partial charge in [-0.2, -0.15) is 0 Å². The van der Waals surface area contributed by atoms with Crippen LogP contribution in [0, 0.1) is 34.8 Å². The number of aryl methyl sites for hydroxylation is 1. The summed E-state index contributed by atoms with van der Waals surface area (Å²) in [5, 5.41) is 13.0. The lowest BCUT2D eigenvalue weighted by atomic mass is 9.64. The molecule has 1 aliphatic carbocycles. The summed E-state index contributed by atoms with van der Waals surface area (Å²) in [6.45, 7) is 1.69. The number of amides is 2. The number of hydrogen-bond acceptors (Lipinski definition) is 8. The Morgan fingerprint density at radius 3 is 2.49 bits per heavy atom. The maximum absolute atomic E-state index is 14.3. The van der Waals surface area contributed by atoms with Gasteiger partial charge in [-0.1, -0.05) is 48.5 Å². The number of anilines is 1. The number of nitrogens with zero attached hydrogens (tertiary/aromatic N) is 2. The van der Waals surface area contributed by atoms with Crippen molar-refractivity contribution < 1.29 is 33.5 Å². The van der Waals surface area contributed by atoms with Crippen LogP contribution in [0.1, 0.15) is 22.6 Å². The van der Waals surface area contributed by atoms with Crippen LogP contribution in [-0.4, -0.2) is 29.5 Å². The normalized spacial score (nSPS) is 23.4. The second kappa shape index (κ2) is 8.99. The molecule has 0 saturated carbocycles. The van der Waals surface area contributed by atoms with Crippen molar-refractivity contribution in [2.45, 2.75) is 12.8 Å². The second-order valence-electron chi connectivity index (χ2n) is 11.1. The number of nitro benzene ring substituents is 1. The molecule has 4 aromatic carbocycles. The molecule has 4 atom stereocenters. The number of esters is 1. The Bertz CT molecular complexity index is 1980. The summed E-state index contributed by atoms with van der Waals surface area (Å²) in [7, 11) is 0. The van der Waals surface area contributed by atoms with Gasteiger partial charge < -0.3 is 14.2 Å². The van der Waals surface area contributed by atoms with Gasteiger partial charge in [0.1, 0.15) is 5.75 Å². The van der Waals surface area contributed by atoms with Gasteiger partial charge in [0.25, 0.3) is 5.69 Å². The minimum atomic E-state index is -1.05. The van der Waals surface area contributed by atoms with Crippen LogP contribution in [-0.2, 0) is 14.4 Å². The average Bonchev–Trinajstić information content (AvgIpc) is 3.58. The van der Waals surface area contributed by atoms with E-state index in [-0.39, 0.29) is 18.2 Å². The molecule has 0 radical (unpaired) electrons. The zero-order valence-corrected chi connectivity index (χ0v) is 22.7. The number of carbonyl (C=O) groups excluding carboxylic acids is 3. The summed E-state index contributed by atoms with van der Waals surface area (Å²) in [6, 6.07) is 20.8. The molecular weight excluding hydrogens is 552 g/mol. The van der Waals surface area contributed by atoms with Gasteiger partial charge in [0.05, 0.1) is 28.4 Å². The van der Waals surface area contributed by atoms with Gasteiger partial charge >= 0.3 is 5.97 Å². The predicted octanol–water partition coefficient (Wildman–Crippen LogP) is 5.31. The van der Waals surface area contributed by atoms with Gasteiger partial charge in [-0.05, 0) is 47.2 Å². The van der Waals surface area contributed by atoms with Gasteiger partial charge in [-0.15, -0.1) is 0 Å². The molecule has 4 aromatic rings. The van der Waals surface area contributed by atoms with Crippen LogP contribution in [0.2, 0.25) is 0 Å². The highest BCUT2D eigenvalue weighted by Gasteiger charge is 2.60. The van der Waals surface area contributed by atoms with Gasteiger partial charge in [-0.3, -0.25) is 24.5 Å². The van der Waals surface area contributed by atoms with Crippen LogP contribution in [0.15, 0.2) is 78.9 Å². The summed E-state index contributed by atoms with van der Waals surface area (Å²) in [6.07, 6.45) is 1.91. The number of nitro groups is 1. The molecule has 0 bridgehead atoms. The minimum absolute atomic E-state index is 0.0789. The Balaban J connectivity index is 1.32. The molecule has 212 valence electrons. The Labute approximate surface area is 244 Å². The number of imide groups is 1. The van der Waals surface area contributed by atoms with E-state index >= 15 is 0 Å². The molecular formula is C33H22N2O8. The monoisotopic (exact) mass is 574 g/mol. The van der Waals surface area contributed by atoms with Crippen LogP contribution < -0.4 is 19.1 Å². The van der Waals surface area contributed by atoms with Gasteiger partial charge in [0.15, 0.2) is 11.5 Å². The average molecular weight is 575 g/mol. The fraction of sp³-hybridized carbons (Fsp3) is 0.182. The molecule has 1 fully saturated rings. The predicted molar refractivity (Wildman–Crippen MR) is 154 cm³/mol. The summed E-state index contributed by atoms with van der Waals surface area (Å²) in [4.78, 5) is 54.3. The summed E-state index contributed by atoms with van der Waals surface area (Å²) in [5.74, 6) is -3.67. The fourth-order valence-electron chi connectivity index (χ4n) is 6.98. The standard InChI is InChI=1S/C33H22N2O8/c1-16-12-19(35(39)40)8-10-24(16)34-31(36)27-22(18-7-11-25-26(13-18)42-15-41-25)14-23-21-9-6-17-4-2-3-5-20(17)30(21)43-33(38)28(23)29(27)32(34)37/h2-14,22,27-29H,15H2,1H3/t22-,27-,28+,29-/m0/s1. The number of rotatable bonds is 3. The quantitative estimate of drug-likeness (QED) is 0.106. The van der Waals surface area contributed by atoms with Crippen LogP contribution in [0.25, 0.3) is 16.3 Å². The molecule has 43 heavy (non-hydrogen) atoms. The number of benzene rings is 4. The van der Waals surface area contributed by atoms with E-state index in [4.69, 9.17) is 14.2 Å². The van der Waals surface area contributed by atoms with Crippen molar-refractivity contribution in [1.29, 1.82) is 0 Å². The third kappa shape index (κ3) is 3.56. The topological polar surface area (TPSA) is 125 Å². The van der Waals surface area contributed by atoms with E-state index in [2.05, 4.69) is 0 Å². The molecule has 3 heterocycles. The first kappa shape index (κ1) is 25.2. The Morgan fingerprint density at radius 1 is 0.884 bits per heavy atom. The lowest BCUT2D eigenvalue weighted by molar-refractivity contribution is -0.384. The number of allylic oxidation sites excluding steroid dienone is 1. The van der Waals surface area contributed by atoms with E-state index in [1.165, 1.54) is 18.2 Å². The molecule has 10 heteroatoms. The minimum Gasteiger partial charge on any atom is -0.454 e. The van der Waals surface area contributed by atoms with E-state index in [1.54, 1.807) is 19.1 Å². The van der Waals surface area contributed by atoms with Crippen molar-refractivity contribution in [2.75, 3.05) is 11.7 Å². The van der Waals surface area contributed by atoms with Gasteiger partial charge in [-0.25, -0.2) is 4.90 Å². The molecule has 2 amide bonds. The van der Waals surface area contributed by atoms with E-state index < -0.39 is 46.4 Å². The molecule has 8 rings (SSSR count). The first-order valence-corrected chi connectivity index (χ1v) is 13.8. The van der Waals surface area contributed by atoms with Crippen molar-refractivity contribution >= 4 is 45.5 Å². The maximum Gasteiger partial charge on any atom is 0.319 e. The van der Waals surface area contributed by atoms with E-state index in [1.807, 2.05) is 48.5 Å². The van der Waals surface area contributed by atoms with E-state index in [0.717, 1.165) is 21.2 Å². The third-order valence-corrected chi connectivity index (χ3v) is 8.90. The number of fused-ring (bicyclic) bond motifs is 8. The first-order valence-electron chi connectivity index (χ1n) is 13.8. The number of hydrogen-bond donors (Lipinski definition) is 0. The SMILES string of the molecule is Cc1cc([N+](=O)[O-])ccc1N1C(=O)[C@@H]2[C@@H]3C(=O)Oc4c(ccc5ccccc45)C3=C[C@@H](c3ccc4c(c3)OCO4)[C@@H]2C1=O. The zero-order valence-electron chi connectivity index (χ0n) is 22.7. The van der Waals surface area contributed by atoms with Crippen molar-refractivity contribution in [3.05, 3.63) is 106 Å².